The Kier molecular flexibility index (Phi) is 3.36. The number of aromatic amines is 2. The molecule has 2 aromatic heterocycles. The second kappa shape index (κ2) is 4.95. The summed E-state index contributed by atoms with van der Waals surface area (Å²) in [6.07, 6.45) is 1.57. The predicted molar refractivity (Wildman–Crippen MR) is 63.3 cm³/mol. The van der Waals surface area contributed by atoms with Crippen molar-refractivity contribution in [3.05, 3.63) is 45.8 Å². The normalized spacial score (nSPS) is 12.3. The number of aromatic nitrogens is 2. The SMILES string of the molecule is COC(=O)CC(c1ccco1)c1c(C)[nH][nH]c1=O. The minimum Gasteiger partial charge on any atom is -0.469 e. The van der Waals surface area contributed by atoms with Crippen molar-refractivity contribution in [2.75, 3.05) is 7.11 Å². The van der Waals surface area contributed by atoms with Crippen molar-refractivity contribution in [1.29, 1.82) is 0 Å². The smallest absolute Gasteiger partial charge is 0.306 e. The number of carbonyl (C=O) groups excluding carboxylic acids is 1. The lowest BCUT2D eigenvalue weighted by atomic mass is 9.93. The molecule has 1 atom stereocenters. The van der Waals surface area contributed by atoms with Gasteiger partial charge in [-0.1, -0.05) is 0 Å². The molecule has 2 N–H and O–H groups in total. The molecule has 0 amide bonds. The van der Waals surface area contributed by atoms with Gasteiger partial charge in [0.2, 0.25) is 0 Å². The van der Waals surface area contributed by atoms with E-state index in [4.69, 9.17) is 4.42 Å². The molecule has 2 aromatic rings. The van der Waals surface area contributed by atoms with E-state index in [9.17, 15) is 9.59 Å². The van der Waals surface area contributed by atoms with Crippen LogP contribution in [0.4, 0.5) is 0 Å². The summed E-state index contributed by atoms with van der Waals surface area (Å²) in [5.41, 5.74) is 0.929. The van der Waals surface area contributed by atoms with Crippen LogP contribution in [0, 0.1) is 6.92 Å². The first-order valence-electron chi connectivity index (χ1n) is 5.50. The molecule has 0 fully saturated rings. The number of hydrogen-bond acceptors (Lipinski definition) is 4. The summed E-state index contributed by atoms with van der Waals surface area (Å²) in [4.78, 5) is 23.2. The Bertz CT molecular complexity index is 579. The van der Waals surface area contributed by atoms with Gasteiger partial charge in [-0.3, -0.25) is 14.7 Å². The molecule has 2 rings (SSSR count). The van der Waals surface area contributed by atoms with Gasteiger partial charge in [0.25, 0.3) is 5.56 Å². The predicted octanol–water partition coefficient (Wildman–Crippen LogP) is 1.30. The molecule has 0 aliphatic carbocycles. The highest BCUT2D eigenvalue weighted by Gasteiger charge is 2.26. The van der Waals surface area contributed by atoms with Gasteiger partial charge in [0.15, 0.2) is 0 Å². The largest absolute Gasteiger partial charge is 0.469 e. The van der Waals surface area contributed by atoms with Gasteiger partial charge in [-0.05, 0) is 19.1 Å². The molecule has 1 unspecified atom stereocenters. The van der Waals surface area contributed by atoms with Gasteiger partial charge in [0, 0.05) is 5.69 Å². The molecular formula is C12H14N2O4. The Hall–Kier alpha value is -2.24. The fourth-order valence-corrected chi connectivity index (χ4v) is 1.96. The van der Waals surface area contributed by atoms with E-state index in [0.717, 1.165) is 0 Å². The highest BCUT2D eigenvalue weighted by atomic mass is 16.5. The van der Waals surface area contributed by atoms with Gasteiger partial charge in [0.1, 0.15) is 5.76 Å². The number of carbonyl (C=O) groups is 1. The maximum atomic E-state index is 11.8. The van der Waals surface area contributed by atoms with Gasteiger partial charge in [0.05, 0.1) is 31.3 Å². The molecule has 0 aliphatic rings. The lowest BCUT2D eigenvalue weighted by Gasteiger charge is -2.11. The van der Waals surface area contributed by atoms with Crippen LogP contribution in [0.3, 0.4) is 0 Å². The third-order valence-electron chi connectivity index (χ3n) is 2.85. The van der Waals surface area contributed by atoms with Crippen LogP contribution in [0.15, 0.2) is 27.6 Å². The molecule has 0 bridgehead atoms. The van der Waals surface area contributed by atoms with Crippen molar-refractivity contribution < 1.29 is 13.9 Å². The Morgan fingerprint density at radius 2 is 2.28 bits per heavy atom. The van der Waals surface area contributed by atoms with Crippen molar-refractivity contribution in [1.82, 2.24) is 10.2 Å². The van der Waals surface area contributed by atoms with E-state index in [1.165, 1.54) is 13.4 Å². The number of methoxy groups -OCH3 is 1. The lowest BCUT2D eigenvalue weighted by Crippen LogP contribution is -2.16. The average Bonchev–Trinajstić information content (AvgIpc) is 2.98. The van der Waals surface area contributed by atoms with Gasteiger partial charge < -0.3 is 14.3 Å². The topological polar surface area (TPSA) is 88.1 Å². The lowest BCUT2D eigenvalue weighted by molar-refractivity contribution is -0.140. The molecule has 0 saturated carbocycles. The van der Waals surface area contributed by atoms with Crippen LogP contribution in [0.5, 0.6) is 0 Å². The third-order valence-corrected chi connectivity index (χ3v) is 2.85. The maximum absolute atomic E-state index is 11.8. The van der Waals surface area contributed by atoms with Crippen molar-refractivity contribution in [3.63, 3.8) is 0 Å². The summed E-state index contributed by atoms with van der Waals surface area (Å²) >= 11 is 0. The van der Waals surface area contributed by atoms with E-state index in [2.05, 4.69) is 14.9 Å². The molecule has 96 valence electrons. The number of H-pyrrole nitrogens is 2. The van der Waals surface area contributed by atoms with Crippen LogP contribution in [0.1, 0.15) is 29.4 Å². The Labute approximate surface area is 103 Å². The second-order valence-corrected chi connectivity index (χ2v) is 3.97. The highest BCUT2D eigenvalue weighted by Crippen LogP contribution is 2.28. The quantitative estimate of drug-likeness (QED) is 0.800. The number of rotatable bonds is 4. The summed E-state index contributed by atoms with van der Waals surface area (Å²) in [5, 5.41) is 5.24. The second-order valence-electron chi connectivity index (χ2n) is 3.97. The van der Waals surface area contributed by atoms with Crippen molar-refractivity contribution in [2.45, 2.75) is 19.3 Å². The van der Waals surface area contributed by atoms with Crippen LogP contribution in [0.25, 0.3) is 0 Å². The fraction of sp³-hybridized carbons (Fsp3) is 0.333. The van der Waals surface area contributed by atoms with Crippen LogP contribution >= 0.6 is 0 Å². The number of nitrogens with one attached hydrogen (secondary N) is 2. The molecule has 6 nitrogen and oxygen atoms in total. The van der Waals surface area contributed by atoms with Gasteiger partial charge in [-0.25, -0.2) is 0 Å². The minimum atomic E-state index is -0.442. The molecule has 2 heterocycles. The van der Waals surface area contributed by atoms with Gasteiger partial charge in [-0.2, -0.15) is 0 Å². The van der Waals surface area contributed by atoms with Crippen LogP contribution < -0.4 is 5.56 Å². The average molecular weight is 250 g/mol. The Morgan fingerprint density at radius 3 is 2.78 bits per heavy atom. The molecule has 0 saturated heterocycles. The molecule has 6 heteroatoms. The monoisotopic (exact) mass is 250 g/mol. The number of hydrogen-bond donors (Lipinski definition) is 2. The van der Waals surface area contributed by atoms with Gasteiger partial charge >= 0.3 is 5.97 Å². The zero-order valence-electron chi connectivity index (χ0n) is 10.1. The number of esters is 1. The third kappa shape index (κ3) is 2.22. The molecular weight excluding hydrogens is 236 g/mol. The van der Waals surface area contributed by atoms with E-state index in [-0.39, 0.29) is 12.0 Å². The first kappa shape index (κ1) is 12.2. The van der Waals surface area contributed by atoms with Crippen LogP contribution in [-0.2, 0) is 9.53 Å². The zero-order chi connectivity index (χ0) is 13.1. The fourth-order valence-electron chi connectivity index (χ4n) is 1.96. The summed E-state index contributed by atoms with van der Waals surface area (Å²) in [7, 11) is 1.32. The first-order chi connectivity index (χ1) is 8.63. The summed E-state index contributed by atoms with van der Waals surface area (Å²) < 4.78 is 9.95. The van der Waals surface area contributed by atoms with Crippen molar-refractivity contribution in [3.8, 4) is 0 Å². The van der Waals surface area contributed by atoms with E-state index in [0.29, 0.717) is 17.0 Å². The molecule has 18 heavy (non-hydrogen) atoms. The van der Waals surface area contributed by atoms with Crippen molar-refractivity contribution in [2.24, 2.45) is 0 Å². The van der Waals surface area contributed by atoms with Crippen LogP contribution in [-0.4, -0.2) is 23.3 Å². The molecule has 0 radical (unpaired) electrons. The number of aryl methyl sites for hydroxylation is 1. The molecule has 0 aliphatic heterocycles. The summed E-state index contributed by atoms with van der Waals surface area (Å²) in [6, 6.07) is 3.45. The van der Waals surface area contributed by atoms with Gasteiger partial charge in [-0.15, -0.1) is 0 Å². The maximum Gasteiger partial charge on any atom is 0.306 e. The number of furan rings is 1. The Morgan fingerprint density at radius 1 is 1.50 bits per heavy atom. The van der Waals surface area contributed by atoms with Crippen LogP contribution in [0.2, 0.25) is 0 Å². The summed E-state index contributed by atoms with van der Waals surface area (Å²) in [5.74, 6) is -0.271. The van der Waals surface area contributed by atoms with Crippen molar-refractivity contribution >= 4 is 5.97 Å². The van der Waals surface area contributed by atoms with E-state index in [1.54, 1.807) is 19.1 Å². The van der Waals surface area contributed by atoms with E-state index in [1.807, 2.05) is 0 Å². The standard InChI is InChI=1S/C12H14N2O4/c1-7-11(12(16)14-13-7)8(6-10(15)17-2)9-4-3-5-18-9/h3-5,8H,6H2,1-2H3,(H2,13,14,16). The minimum absolute atomic E-state index is 0.0613. The van der Waals surface area contributed by atoms with E-state index >= 15 is 0 Å². The first-order valence-corrected chi connectivity index (χ1v) is 5.50. The molecule has 0 aromatic carbocycles. The highest BCUT2D eigenvalue weighted by molar-refractivity contribution is 5.71. The Balaban J connectivity index is 2.43. The zero-order valence-corrected chi connectivity index (χ0v) is 10.1. The summed E-state index contributed by atoms with van der Waals surface area (Å²) in [6.45, 7) is 1.76. The van der Waals surface area contributed by atoms with E-state index < -0.39 is 11.9 Å². The number of ether oxygens (including phenoxy) is 1. The molecule has 0 spiro atoms.